The smallest absolute Gasteiger partial charge is 0.265 e. The van der Waals surface area contributed by atoms with Gasteiger partial charge >= 0.3 is 0 Å². The molecule has 8 nitrogen and oxygen atoms in total. The van der Waals surface area contributed by atoms with E-state index < -0.39 is 0 Å². The van der Waals surface area contributed by atoms with Gasteiger partial charge < -0.3 is 10.2 Å². The van der Waals surface area contributed by atoms with Crippen molar-refractivity contribution in [1.82, 2.24) is 25.1 Å². The van der Waals surface area contributed by atoms with Crippen LogP contribution in [0, 0.1) is 12.8 Å². The summed E-state index contributed by atoms with van der Waals surface area (Å²) in [5.41, 5.74) is 1.61. The minimum absolute atomic E-state index is 0.0573. The first kappa shape index (κ1) is 23.0. The van der Waals surface area contributed by atoms with E-state index in [1.807, 2.05) is 19.1 Å². The maximum Gasteiger partial charge on any atom is 0.265 e. The molecule has 5 rings (SSSR count). The average Bonchev–Trinajstić information content (AvgIpc) is 3.51. The van der Waals surface area contributed by atoms with Crippen LogP contribution in [0.15, 0.2) is 24.5 Å². The van der Waals surface area contributed by atoms with Gasteiger partial charge in [-0.25, -0.2) is 4.98 Å². The predicted octanol–water partition coefficient (Wildman–Crippen LogP) is 4.90. The van der Waals surface area contributed by atoms with Crippen molar-refractivity contribution in [2.45, 2.75) is 57.8 Å². The molecule has 1 saturated carbocycles. The molecule has 3 aromatic heterocycles. The lowest BCUT2D eigenvalue weighted by molar-refractivity contribution is -0.121. The number of nitrogens with zero attached hydrogens (tertiary/aromatic N) is 5. The van der Waals surface area contributed by atoms with Gasteiger partial charge in [0, 0.05) is 37.0 Å². The number of rotatable bonds is 5. The fourth-order valence-corrected chi connectivity index (χ4v) is 6.67. The van der Waals surface area contributed by atoms with E-state index in [4.69, 9.17) is 0 Å². The molecule has 2 amide bonds. The lowest BCUT2D eigenvalue weighted by atomic mass is 9.90. The second-order valence-electron chi connectivity index (χ2n) is 9.04. The van der Waals surface area contributed by atoms with E-state index in [1.165, 1.54) is 41.9 Å². The molecule has 1 unspecified atom stereocenters. The monoisotopic (exact) mass is 496 g/mol. The van der Waals surface area contributed by atoms with Gasteiger partial charge in [-0.05, 0) is 44.7 Å². The molecule has 0 spiro atoms. The van der Waals surface area contributed by atoms with Crippen molar-refractivity contribution in [3.63, 3.8) is 0 Å². The normalized spacial score (nSPS) is 19.2. The van der Waals surface area contributed by atoms with Crippen molar-refractivity contribution in [3.05, 3.63) is 40.1 Å². The number of carbonyl (C=O) groups excluding carboxylic acids is 2. The highest BCUT2D eigenvalue weighted by atomic mass is 32.1. The van der Waals surface area contributed by atoms with Crippen LogP contribution in [0.4, 0.5) is 5.13 Å². The summed E-state index contributed by atoms with van der Waals surface area (Å²) in [5.74, 6) is 0.0729. The average molecular weight is 497 g/mol. The largest absolute Gasteiger partial charge is 0.337 e. The predicted molar refractivity (Wildman–Crippen MR) is 133 cm³/mol. The molecule has 1 aliphatic carbocycles. The van der Waals surface area contributed by atoms with Gasteiger partial charge in [-0.1, -0.05) is 30.6 Å². The number of nitrogens with one attached hydrogen (secondary N) is 1. The van der Waals surface area contributed by atoms with E-state index in [2.05, 4.69) is 25.5 Å². The molecule has 0 aromatic carbocycles. The third-order valence-corrected chi connectivity index (χ3v) is 8.80. The van der Waals surface area contributed by atoms with Crippen molar-refractivity contribution >= 4 is 39.6 Å². The van der Waals surface area contributed by atoms with Gasteiger partial charge in [0.05, 0.1) is 11.6 Å². The summed E-state index contributed by atoms with van der Waals surface area (Å²) < 4.78 is 0. The van der Waals surface area contributed by atoms with E-state index in [9.17, 15) is 9.59 Å². The second kappa shape index (κ2) is 10.3. The molecule has 0 bridgehead atoms. The molecule has 10 heteroatoms. The number of piperidine rings is 1. The zero-order valence-corrected chi connectivity index (χ0v) is 20.8. The third kappa shape index (κ3) is 5.02. The van der Waals surface area contributed by atoms with E-state index in [0.29, 0.717) is 34.7 Å². The minimum Gasteiger partial charge on any atom is -0.337 e. The lowest BCUT2D eigenvalue weighted by Crippen LogP contribution is -2.43. The zero-order chi connectivity index (χ0) is 23.5. The number of carbonyl (C=O) groups is 2. The number of likely N-dealkylation sites (tertiary alicyclic amines) is 1. The Labute approximate surface area is 206 Å². The summed E-state index contributed by atoms with van der Waals surface area (Å²) >= 11 is 2.88. The Morgan fingerprint density at radius 2 is 1.94 bits per heavy atom. The van der Waals surface area contributed by atoms with Gasteiger partial charge in [0.2, 0.25) is 11.0 Å². The Kier molecular flexibility index (Phi) is 6.96. The number of thiazole rings is 1. The van der Waals surface area contributed by atoms with Crippen LogP contribution in [0.2, 0.25) is 0 Å². The third-order valence-electron chi connectivity index (χ3n) is 6.60. The SMILES string of the molecule is Cc1nc(-c2cccnc2)sc1C(=O)N1CCCC(C(=O)Nc2nnc(C3CCCCC3)s2)C1. The Hall–Kier alpha value is -2.72. The molecule has 0 radical (unpaired) electrons. The van der Waals surface area contributed by atoms with Crippen LogP contribution in [0.1, 0.15) is 71.2 Å². The molecule has 1 aliphatic heterocycles. The fraction of sp³-hybridized carbons (Fsp3) is 0.500. The van der Waals surface area contributed by atoms with Gasteiger partial charge in [0.25, 0.3) is 5.91 Å². The number of hydrogen-bond acceptors (Lipinski definition) is 8. The fourth-order valence-electron chi connectivity index (χ4n) is 4.73. The topological polar surface area (TPSA) is 101 Å². The first-order valence-electron chi connectivity index (χ1n) is 11.9. The van der Waals surface area contributed by atoms with Gasteiger partial charge in [-0.3, -0.25) is 14.6 Å². The summed E-state index contributed by atoms with van der Waals surface area (Å²) in [6, 6.07) is 3.80. The number of pyridine rings is 1. The lowest BCUT2D eigenvalue weighted by Gasteiger charge is -2.31. The summed E-state index contributed by atoms with van der Waals surface area (Å²) in [4.78, 5) is 37.4. The van der Waals surface area contributed by atoms with Crippen molar-refractivity contribution in [1.29, 1.82) is 0 Å². The van der Waals surface area contributed by atoms with E-state index in [1.54, 1.807) is 17.3 Å². The first-order valence-corrected chi connectivity index (χ1v) is 13.5. The van der Waals surface area contributed by atoms with Gasteiger partial charge in [0.15, 0.2) is 0 Å². The van der Waals surface area contributed by atoms with Crippen LogP contribution in [-0.4, -0.2) is 50.0 Å². The molecule has 3 aromatic rings. The molecule has 178 valence electrons. The molecule has 1 saturated heterocycles. The quantitative estimate of drug-likeness (QED) is 0.539. The van der Waals surface area contributed by atoms with Crippen LogP contribution < -0.4 is 5.32 Å². The standard InChI is InChI=1S/C24H28N6O2S2/c1-15-19(33-21(26-15)17-9-5-11-25-13-17)23(32)30-12-6-10-18(14-30)20(31)27-24-29-28-22(34-24)16-7-3-2-4-8-16/h5,9,11,13,16,18H,2-4,6-8,10,12,14H2,1H3,(H,27,29,31). The van der Waals surface area contributed by atoms with E-state index >= 15 is 0 Å². The van der Waals surface area contributed by atoms with Crippen LogP contribution in [0.25, 0.3) is 10.6 Å². The molecular weight excluding hydrogens is 468 g/mol. The maximum atomic E-state index is 13.3. The highest BCUT2D eigenvalue weighted by Crippen LogP contribution is 2.35. The Balaban J connectivity index is 1.22. The summed E-state index contributed by atoms with van der Waals surface area (Å²) in [7, 11) is 0. The van der Waals surface area contributed by atoms with Crippen LogP contribution in [0.5, 0.6) is 0 Å². The van der Waals surface area contributed by atoms with Crippen molar-refractivity contribution in [2.75, 3.05) is 18.4 Å². The van der Waals surface area contributed by atoms with Crippen molar-refractivity contribution in [2.24, 2.45) is 5.92 Å². The van der Waals surface area contributed by atoms with Crippen molar-refractivity contribution in [3.8, 4) is 10.6 Å². The highest BCUT2D eigenvalue weighted by Gasteiger charge is 2.31. The maximum absolute atomic E-state index is 13.3. The van der Waals surface area contributed by atoms with Gasteiger partial charge in [-0.15, -0.1) is 21.5 Å². The van der Waals surface area contributed by atoms with E-state index in [-0.39, 0.29) is 17.7 Å². The van der Waals surface area contributed by atoms with Gasteiger partial charge in [0.1, 0.15) is 14.9 Å². The highest BCUT2D eigenvalue weighted by molar-refractivity contribution is 7.17. The molecule has 2 fully saturated rings. The second-order valence-corrected chi connectivity index (χ2v) is 11.0. The Bertz CT molecular complexity index is 1160. The van der Waals surface area contributed by atoms with Gasteiger partial charge in [-0.2, -0.15) is 0 Å². The molecule has 4 heterocycles. The first-order chi connectivity index (χ1) is 16.6. The molecule has 1 N–H and O–H groups in total. The number of aromatic nitrogens is 4. The zero-order valence-electron chi connectivity index (χ0n) is 19.2. The number of anilines is 1. The molecule has 1 atom stereocenters. The van der Waals surface area contributed by atoms with Crippen LogP contribution in [-0.2, 0) is 4.79 Å². The molecular formula is C24H28N6O2S2. The molecule has 2 aliphatic rings. The Morgan fingerprint density at radius 1 is 1.09 bits per heavy atom. The summed E-state index contributed by atoms with van der Waals surface area (Å²) in [6.45, 7) is 2.91. The summed E-state index contributed by atoms with van der Waals surface area (Å²) in [5, 5.41) is 13.9. The van der Waals surface area contributed by atoms with Crippen LogP contribution >= 0.6 is 22.7 Å². The minimum atomic E-state index is -0.259. The molecule has 34 heavy (non-hydrogen) atoms. The number of amides is 2. The van der Waals surface area contributed by atoms with Crippen LogP contribution in [0.3, 0.4) is 0 Å². The number of hydrogen-bond donors (Lipinski definition) is 1. The Morgan fingerprint density at radius 3 is 2.74 bits per heavy atom. The number of aryl methyl sites for hydroxylation is 1. The van der Waals surface area contributed by atoms with Crippen molar-refractivity contribution < 1.29 is 9.59 Å². The summed E-state index contributed by atoms with van der Waals surface area (Å²) in [6.07, 6.45) is 11.1. The van der Waals surface area contributed by atoms with E-state index in [0.717, 1.165) is 41.3 Å².